The van der Waals surface area contributed by atoms with E-state index in [1.54, 1.807) is 36.4 Å². The monoisotopic (exact) mass is 472 g/mol. The zero-order valence-corrected chi connectivity index (χ0v) is 19.4. The molecule has 7 atom stereocenters. The lowest BCUT2D eigenvalue weighted by Crippen LogP contribution is -2.53. The zero-order valence-electron chi connectivity index (χ0n) is 18.6. The molecule has 1 aliphatic heterocycles. The average molecular weight is 473 g/mol. The van der Waals surface area contributed by atoms with Crippen LogP contribution in [0.25, 0.3) is 11.1 Å². The summed E-state index contributed by atoms with van der Waals surface area (Å²) in [5.74, 6) is 1.98. The minimum absolute atomic E-state index is 0.0904. The van der Waals surface area contributed by atoms with Crippen molar-refractivity contribution < 1.29 is 17.6 Å². The predicted molar refractivity (Wildman–Crippen MR) is 125 cm³/mol. The van der Waals surface area contributed by atoms with Gasteiger partial charge in [0.2, 0.25) is 15.9 Å². The van der Waals surface area contributed by atoms with Gasteiger partial charge in [0.1, 0.15) is 5.82 Å². The number of carbonyl (C=O) groups is 1. The van der Waals surface area contributed by atoms with E-state index in [4.69, 9.17) is 5.73 Å². The molecular weight excluding hydrogens is 443 g/mol. The maximum absolute atomic E-state index is 14.8. The van der Waals surface area contributed by atoms with Gasteiger partial charge in [0, 0.05) is 18.2 Å². The quantitative estimate of drug-likeness (QED) is 0.461. The molecule has 7 nitrogen and oxygen atoms in total. The molecule has 0 aromatic heterocycles. The van der Waals surface area contributed by atoms with Gasteiger partial charge in [0.25, 0.3) is 0 Å². The number of benzene rings is 2. The van der Waals surface area contributed by atoms with Crippen molar-refractivity contribution in [1.29, 1.82) is 0 Å². The van der Waals surface area contributed by atoms with Gasteiger partial charge < -0.3 is 16.4 Å². The minimum Gasteiger partial charge on any atom is -0.339 e. The van der Waals surface area contributed by atoms with Crippen molar-refractivity contribution in [3.63, 3.8) is 0 Å². The topological polar surface area (TPSA) is 113 Å². The van der Waals surface area contributed by atoms with Crippen LogP contribution in [0.1, 0.15) is 18.9 Å². The molecule has 1 heterocycles. The van der Waals surface area contributed by atoms with Gasteiger partial charge in [-0.1, -0.05) is 31.2 Å². The Labute approximate surface area is 193 Å². The largest absolute Gasteiger partial charge is 0.339 e. The van der Waals surface area contributed by atoms with E-state index in [0.29, 0.717) is 40.6 Å². The van der Waals surface area contributed by atoms with Crippen LogP contribution in [-0.4, -0.2) is 38.8 Å². The summed E-state index contributed by atoms with van der Waals surface area (Å²) in [6.45, 7) is 2.26. The van der Waals surface area contributed by atoms with Gasteiger partial charge >= 0.3 is 0 Å². The van der Waals surface area contributed by atoms with Crippen molar-refractivity contribution >= 4 is 21.6 Å². The molecule has 2 aliphatic carbocycles. The molecule has 176 valence electrons. The first-order valence-corrected chi connectivity index (χ1v) is 13.2. The Kier molecular flexibility index (Phi) is 5.46. The molecule has 5 rings (SSSR count). The van der Waals surface area contributed by atoms with E-state index < -0.39 is 22.0 Å². The summed E-state index contributed by atoms with van der Waals surface area (Å²) in [6.07, 6.45) is 1.67. The Morgan fingerprint density at radius 2 is 1.88 bits per heavy atom. The molecule has 2 bridgehead atoms. The standard InChI is InChI=1S/C24H29FN4O3S/c1-12-21-17-11-19(22(12)21)27-23(17)24(30)28-20(26)10-15-4-3-14(9-18(15)25)13-5-7-16(8-6-13)29-33(2,31)32/h3-9,12,17,19-23,27,29H,10-11,26H2,1-2H3,(H,28,30). The second-order valence-electron chi connectivity index (χ2n) is 9.74. The van der Waals surface area contributed by atoms with Gasteiger partial charge in [-0.25, -0.2) is 12.8 Å². The summed E-state index contributed by atoms with van der Waals surface area (Å²) in [7, 11) is -3.35. The predicted octanol–water partition coefficient (Wildman–Crippen LogP) is 2.05. The summed E-state index contributed by atoms with van der Waals surface area (Å²) in [5.41, 5.74) is 8.44. The number of piperidine rings is 1. The number of hydrogen-bond acceptors (Lipinski definition) is 5. The number of halogens is 1. The van der Waals surface area contributed by atoms with Crippen LogP contribution in [-0.2, 0) is 21.2 Å². The number of fused-ring (bicyclic) bond motifs is 5. The van der Waals surface area contributed by atoms with E-state index in [9.17, 15) is 17.6 Å². The first-order valence-electron chi connectivity index (χ1n) is 11.3. The van der Waals surface area contributed by atoms with Gasteiger partial charge in [-0.05, 0) is 65.0 Å². The van der Waals surface area contributed by atoms with Gasteiger partial charge in [-0.3, -0.25) is 9.52 Å². The van der Waals surface area contributed by atoms with Gasteiger partial charge in [-0.2, -0.15) is 0 Å². The number of anilines is 1. The smallest absolute Gasteiger partial charge is 0.238 e. The number of amides is 1. The van der Waals surface area contributed by atoms with E-state index in [2.05, 4.69) is 22.3 Å². The van der Waals surface area contributed by atoms with Crippen molar-refractivity contribution in [2.45, 2.75) is 38.0 Å². The summed E-state index contributed by atoms with van der Waals surface area (Å²) in [4.78, 5) is 12.8. The van der Waals surface area contributed by atoms with Crippen LogP contribution < -0.4 is 21.1 Å². The summed E-state index contributed by atoms with van der Waals surface area (Å²) < 4.78 is 39.8. The van der Waals surface area contributed by atoms with Gasteiger partial charge in [0.05, 0.1) is 18.5 Å². The van der Waals surface area contributed by atoms with Crippen molar-refractivity contribution in [2.75, 3.05) is 11.0 Å². The van der Waals surface area contributed by atoms with Crippen LogP contribution in [0.5, 0.6) is 0 Å². The van der Waals surface area contributed by atoms with Crippen LogP contribution in [0, 0.1) is 29.5 Å². The van der Waals surface area contributed by atoms with Crippen molar-refractivity contribution in [2.24, 2.45) is 29.4 Å². The van der Waals surface area contributed by atoms with Gasteiger partial charge in [-0.15, -0.1) is 0 Å². The first kappa shape index (κ1) is 22.3. The normalized spacial score (nSPS) is 30.5. The van der Waals surface area contributed by atoms with Crippen molar-refractivity contribution in [3.8, 4) is 11.1 Å². The van der Waals surface area contributed by atoms with Crippen LogP contribution >= 0.6 is 0 Å². The maximum atomic E-state index is 14.8. The number of rotatable bonds is 7. The second kappa shape index (κ2) is 8.07. The lowest BCUT2D eigenvalue weighted by Gasteiger charge is -2.24. The summed E-state index contributed by atoms with van der Waals surface area (Å²) >= 11 is 0. The van der Waals surface area contributed by atoms with Crippen molar-refractivity contribution in [1.82, 2.24) is 10.6 Å². The molecule has 1 saturated heterocycles. The van der Waals surface area contributed by atoms with Crippen molar-refractivity contribution in [3.05, 3.63) is 53.8 Å². The Morgan fingerprint density at radius 3 is 2.52 bits per heavy atom. The van der Waals surface area contributed by atoms with E-state index in [0.717, 1.165) is 24.2 Å². The van der Waals surface area contributed by atoms with E-state index in [-0.39, 0.29) is 18.4 Å². The van der Waals surface area contributed by atoms with E-state index in [1.807, 2.05) is 0 Å². The number of carbonyl (C=O) groups excluding carboxylic acids is 1. The number of sulfonamides is 1. The molecule has 3 fully saturated rings. The highest BCUT2D eigenvalue weighted by Crippen LogP contribution is 2.64. The number of nitrogens with two attached hydrogens (primary N) is 1. The fourth-order valence-electron chi connectivity index (χ4n) is 6.00. The molecule has 2 aromatic rings. The molecule has 3 aliphatic rings. The Balaban J connectivity index is 1.19. The van der Waals surface area contributed by atoms with Crippen LogP contribution in [0.4, 0.5) is 10.1 Å². The lowest BCUT2D eigenvalue weighted by atomic mass is 9.94. The second-order valence-corrected chi connectivity index (χ2v) is 11.5. The van der Waals surface area contributed by atoms with Crippen LogP contribution in [0.3, 0.4) is 0 Å². The molecule has 2 aromatic carbocycles. The van der Waals surface area contributed by atoms with Crippen LogP contribution in [0.2, 0.25) is 0 Å². The Morgan fingerprint density at radius 1 is 1.18 bits per heavy atom. The van der Waals surface area contributed by atoms with Crippen LogP contribution in [0.15, 0.2) is 42.5 Å². The molecule has 1 amide bonds. The van der Waals surface area contributed by atoms with E-state index in [1.165, 1.54) is 6.07 Å². The Bertz CT molecular complexity index is 1180. The zero-order chi connectivity index (χ0) is 23.5. The lowest BCUT2D eigenvalue weighted by molar-refractivity contribution is -0.124. The fraction of sp³-hybridized carbons (Fsp3) is 0.458. The highest BCUT2D eigenvalue weighted by Gasteiger charge is 2.67. The van der Waals surface area contributed by atoms with Gasteiger partial charge in [0.15, 0.2) is 0 Å². The first-order chi connectivity index (χ1) is 15.6. The molecule has 33 heavy (non-hydrogen) atoms. The summed E-state index contributed by atoms with van der Waals surface area (Å²) in [6, 6.07) is 11.8. The molecule has 5 N–H and O–H groups in total. The molecule has 9 heteroatoms. The maximum Gasteiger partial charge on any atom is 0.238 e. The SMILES string of the molecule is CC1C2C3CC(C(C(=O)NC(N)Cc4ccc(-c5ccc(NS(C)(=O)=O)cc5)cc4F)N3)C12. The highest BCUT2D eigenvalue weighted by molar-refractivity contribution is 7.92. The Hall–Kier alpha value is -2.49. The minimum atomic E-state index is -3.35. The average Bonchev–Trinajstić information content (AvgIpc) is 3.08. The number of hydrogen-bond donors (Lipinski definition) is 4. The third-order valence-electron chi connectivity index (χ3n) is 7.45. The molecule has 0 spiro atoms. The number of nitrogens with one attached hydrogen (secondary N) is 3. The highest BCUT2D eigenvalue weighted by atomic mass is 32.2. The molecular formula is C24H29FN4O3S. The molecule has 7 unspecified atom stereocenters. The third kappa shape index (κ3) is 4.37. The molecule has 0 radical (unpaired) electrons. The third-order valence-corrected chi connectivity index (χ3v) is 8.06. The summed E-state index contributed by atoms with van der Waals surface area (Å²) in [5, 5.41) is 6.32. The van der Waals surface area contributed by atoms with E-state index >= 15 is 0 Å². The fourth-order valence-corrected chi connectivity index (χ4v) is 6.57. The molecule has 2 saturated carbocycles.